The molecule has 1 aliphatic heterocycles. The summed E-state index contributed by atoms with van der Waals surface area (Å²) >= 11 is 0. The first-order valence-corrected chi connectivity index (χ1v) is 7.19. The number of halogens is 5. The van der Waals surface area contributed by atoms with Crippen molar-refractivity contribution in [2.45, 2.75) is 38.0 Å². The molecule has 1 aromatic carbocycles. The van der Waals surface area contributed by atoms with E-state index in [4.69, 9.17) is 0 Å². The average Bonchev–Trinajstić information content (AvgIpc) is 2.48. The van der Waals surface area contributed by atoms with Crippen molar-refractivity contribution in [3.63, 3.8) is 0 Å². The number of nitrogens with one attached hydrogen (secondary N) is 1. The molecule has 2 amide bonds. The molecule has 1 heterocycles. The van der Waals surface area contributed by atoms with Gasteiger partial charge in [0, 0.05) is 25.1 Å². The lowest BCUT2D eigenvalue weighted by molar-refractivity contribution is -0.196. The molecular formula is C15H15F5N2O2. The third-order valence-electron chi connectivity index (χ3n) is 3.88. The molecule has 1 N–H and O–H groups in total. The third kappa shape index (κ3) is 4.01. The van der Waals surface area contributed by atoms with Gasteiger partial charge in [-0.3, -0.25) is 9.59 Å². The molecule has 2 atom stereocenters. The van der Waals surface area contributed by atoms with Crippen LogP contribution in [0.3, 0.4) is 0 Å². The number of alkyl halides is 3. The summed E-state index contributed by atoms with van der Waals surface area (Å²) in [6.07, 6.45) is -4.87. The van der Waals surface area contributed by atoms with Gasteiger partial charge in [-0.15, -0.1) is 0 Å². The van der Waals surface area contributed by atoms with Crippen LogP contribution in [0.4, 0.5) is 22.0 Å². The van der Waals surface area contributed by atoms with Crippen molar-refractivity contribution in [3.05, 3.63) is 35.4 Å². The Kier molecular flexibility index (Phi) is 5.10. The molecule has 9 heteroatoms. The molecule has 0 radical (unpaired) electrons. The van der Waals surface area contributed by atoms with E-state index in [0.29, 0.717) is 11.0 Å². The molecule has 1 saturated heterocycles. The monoisotopic (exact) mass is 350 g/mol. The molecular weight excluding hydrogens is 335 g/mol. The van der Waals surface area contributed by atoms with Crippen LogP contribution >= 0.6 is 0 Å². The van der Waals surface area contributed by atoms with E-state index in [2.05, 4.69) is 5.32 Å². The molecule has 0 aromatic heterocycles. The van der Waals surface area contributed by atoms with E-state index in [1.807, 2.05) is 0 Å². The van der Waals surface area contributed by atoms with Crippen LogP contribution < -0.4 is 5.32 Å². The highest BCUT2D eigenvalue weighted by Crippen LogP contribution is 2.32. The van der Waals surface area contributed by atoms with E-state index in [1.54, 1.807) is 0 Å². The number of hydrogen-bond acceptors (Lipinski definition) is 2. The second kappa shape index (κ2) is 6.74. The fourth-order valence-corrected chi connectivity index (χ4v) is 2.68. The predicted octanol–water partition coefficient (Wildman–Crippen LogP) is 2.64. The van der Waals surface area contributed by atoms with Crippen molar-refractivity contribution in [2.24, 2.45) is 0 Å². The number of likely N-dealkylation sites (tertiary alicyclic amines) is 1. The lowest BCUT2D eigenvalue weighted by Gasteiger charge is -2.40. The molecule has 1 aromatic rings. The molecule has 0 aliphatic carbocycles. The minimum absolute atomic E-state index is 0.0172. The van der Waals surface area contributed by atoms with Gasteiger partial charge in [0.2, 0.25) is 5.91 Å². The lowest BCUT2D eigenvalue weighted by Crippen LogP contribution is -2.57. The maximum atomic E-state index is 13.1. The summed E-state index contributed by atoms with van der Waals surface area (Å²) in [5, 5.41) is 2.45. The first-order valence-electron chi connectivity index (χ1n) is 7.19. The largest absolute Gasteiger partial charge is 0.408 e. The van der Waals surface area contributed by atoms with Gasteiger partial charge in [0.25, 0.3) is 5.91 Å². The van der Waals surface area contributed by atoms with Crippen LogP contribution in [0.15, 0.2) is 18.2 Å². The van der Waals surface area contributed by atoms with Gasteiger partial charge >= 0.3 is 6.18 Å². The summed E-state index contributed by atoms with van der Waals surface area (Å²) in [6.45, 7) is 0.729. The maximum Gasteiger partial charge on any atom is 0.408 e. The van der Waals surface area contributed by atoms with Gasteiger partial charge in [-0.25, -0.2) is 8.78 Å². The summed E-state index contributed by atoms with van der Waals surface area (Å²) in [5.74, 6) is -3.80. The van der Waals surface area contributed by atoms with Crippen LogP contribution in [0.5, 0.6) is 0 Å². The van der Waals surface area contributed by atoms with Gasteiger partial charge in [0.1, 0.15) is 6.04 Å². The van der Waals surface area contributed by atoms with Crippen LogP contribution in [0, 0.1) is 11.6 Å². The van der Waals surface area contributed by atoms with Gasteiger partial charge in [-0.1, -0.05) is 0 Å². The van der Waals surface area contributed by atoms with Crippen LogP contribution in [0.1, 0.15) is 30.1 Å². The fourth-order valence-electron chi connectivity index (χ4n) is 2.68. The lowest BCUT2D eigenvalue weighted by atomic mass is 9.97. The average molecular weight is 350 g/mol. The quantitative estimate of drug-likeness (QED) is 0.834. The van der Waals surface area contributed by atoms with Crippen molar-refractivity contribution < 1.29 is 31.5 Å². The number of carbonyl (C=O) groups is 2. The number of benzene rings is 1. The van der Waals surface area contributed by atoms with E-state index in [9.17, 15) is 31.5 Å². The predicted molar refractivity (Wildman–Crippen MR) is 74.1 cm³/mol. The summed E-state index contributed by atoms with van der Waals surface area (Å²) in [7, 11) is 0. The number of carbonyl (C=O) groups excluding carboxylic acids is 2. The Morgan fingerprint density at radius 1 is 1.17 bits per heavy atom. The second-order valence-electron chi connectivity index (χ2n) is 5.61. The zero-order valence-electron chi connectivity index (χ0n) is 12.7. The molecule has 0 bridgehead atoms. The summed E-state index contributed by atoms with van der Waals surface area (Å²) < 4.78 is 64.8. The van der Waals surface area contributed by atoms with Gasteiger partial charge < -0.3 is 10.2 Å². The van der Waals surface area contributed by atoms with Crippen molar-refractivity contribution in [2.75, 3.05) is 6.54 Å². The molecule has 24 heavy (non-hydrogen) atoms. The molecule has 0 saturated carbocycles. The normalized spacial score (nSPS) is 21.5. The number of rotatable bonds is 2. The zero-order valence-corrected chi connectivity index (χ0v) is 12.7. The van der Waals surface area contributed by atoms with E-state index >= 15 is 0 Å². The first-order chi connectivity index (χ1) is 11.1. The van der Waals surface area contributed by atoms with E-state index < -0.39 is 41.7 Å². The minimum atomic E-state index is -4.54. The second-order valence-corrected chi connectivity index (χ2v) is 5.61. The smallest absolute Gasteiger partial charge is 0.348 e. The molecule has 1 aliphatic rings. The van der Waals surface area contributed by atoms with Crippen LogP contribution in [-0.4, -0.2) is 41.5 Å². The fraction of sp³-hybridized carbons (Fsp3) is 0.467. The Hall–Kier alpha value is -2.19. The van der Waals surface area contributed by atoms with Crippen LogP contribution in [0.25, 0.3) is 0 Å². The van der Waals surface area contributed by atoms with E-state index in [0.717, 1.165) is 19.1 Å². The van der Waals surface area contributed by atoms with Crippen LogP contribution in [0.2, 0.25) is 0 Å². The Bertz CT molecular complexity index is 647. The van der Waals surface area contributed by atoms with Crippen molar-refractivity contribution in [3.8, 4) is 0 Å². The molecule has 4 nitrogen and oxygen atoms in total. The topological polar surface area (TPSA) is 49.4 Å². The summed E-state index contributed by atoms with van der Waals surface area (Å²) in [4.78, 5) is 24.1. The number of amides is 2. The molecule has 0 unspecified atom stereocenters. The molecule has 1 fully saturated rings. The number of nitrogens with zero attached hydrogens (tertiary/aromatic N) is 1. The minimum Gasteiger partial charge on any atom is -0.348 e. The van der Waals surface area contributed by atoms with Crippen LogP contribution in [-0.2, 0) is 4.79 Å². The Balaban J connectivity index is 2.07. The SMILES string of the molecule is CC(=O)N1C[C@H](NC(=O)c2ccc(F)c(F)c2)CC[C@@H]1C(F)(F)F. The zero-order chi connectivity index (χ0) is 18.1. The Labute approximate surface area is 134 Å². The van der Waals surface area contributed by atoms with Gasteiger partial charge in [-0.05, 0) is 31.0 Å². The Morgan fingerprint density at radius 2 is 1.83 bits per heavy atom. The highest BCUT2D eigenvalue weighted by Gasteiger charge is 2.47. The third-order valence-corrected chi connectivity index (χ3v) is 3.88. The summed E-state index contributed by atoms with van der Waals surface area (Å²) in [6, 6.07) is -0.0289. The van der Waals surface area contributed by atoms with Crippen molar-refractivity contribution in [1.29, 1.82) is 0 Å². The maximum absolute atomic E-state index is 13.1. The highest BCUT2D eigenvalue weighted by atomic mass is 19.4. The van der Waals surface area contributed by atoms with Crippen molar-refractivity contribution in [1.82, 2.24) is 10.2 Å². The Morgan fingerprint density at radius 3 is 2.38 bits per heavy atom. The molecule has 132 valence electrons. The van der Waals surface area contributed by atoms with Gasteiger partial charge in [-0.2, -0.15) is 13.2 Å². The molecule has 2 rings (SSSR count). The number of piperidine rings is 1. The van der Waals surface area contributed by atoms with E-state index in [1.165, 1.54) is 0 Å². The number of hydrogen-bond donors (Lipinski definition) is 1. The van der Waals surface area contributed by atoms with Gasteiger partial charge in [0.05, 0.1) is 0 Å². The first kappa shape index (κ1) is 18.2. The van der Waals surface area contributed by atoms with E-state index in [-0.39, 0.29) is 24.9 Å². The highest BCUT2D eigenvalue weighted by molar-refractivity contribution is 5.94. The molecule has 0 spiro atoms. The standard InChI is InChI=1S/C15H15F5N2O2/c1-8(23)22-7-10(3-5-13(22)15(18,19)20)21-14(24)9-2-4-11(16)12(17)6-9/h2,4,6,10,13H,3,5,7H2,1H3,(H,21,24)/t10-,13-/m1/s1. The van der Waals surface area contributed by atoms with Gasteiger partial charge in [0.15, 0.2) is 11.6 Å². The summed E-state index contributed by atoms with van der Waals surface area (Å²) in [5.41, 5.74) is -0.152. The van der Waals surface area contributed by atoms with Crippen molar-refractivity contribution >= 4 is 11.8 Å².